The molecule has 0 aliphatic heterocycles. The summed E-state index contributed by atoms with van der Waals surface area (Å²) in [6.45, 7) is 1.49. The zero-order chi connectivity index (χ0) is 8.27. The van der Waals surface area contributed by atoms with Crippen molar-refractivity contribution in [3.63, 3.8) is 0 Å². The van der Waals surface area contributed by atoms with Gasteiger partial charge in [-0.1, -0.05) is 0 Å². The summed E-state index contributed by atoms with van der Waals surface area (Å²) in [6, 6.07) is 0. The Labute approximate surface area is 64.6 Å². The lowest BCUT2D eigenvalue weighted by atomic mass is 10.3. The van der Waals surface area contributed by atoms with Crippen LogP contribution in [-0.2, 0) is 0 Å². The molecule has 4 heteroatoms. The highest BCUT2D eigenvalue weighted by atomic mass is 16.3. The summed E-state index contributed by atoms with van der Waals surface area (Å²) in [6.07, 6.45) is 2.09. The van der Waals surface area contributed by atoms with E-state index >= 15 is 0 Å². The Morgan fingerprint density at radius 2 is 2.18 bits per heavy atom. The van der Waals surface area contributed by atoms with Gasteiger partial charge >= 0.3 is 0 Å². The van der Waals surface area contributed by atoms with Crippen LogP contribution in [0.2, 0.25) is 0 Å². The minimum atomic E-state index is -0.914. The third kappa shape index (κ3) is 1.96. The minimum absolute atomic E-state index is 0.322. The highest BCUT2D eigenvalue weighted by Crippen LogP contribution is 2.06. The van der Waals surface area contributed by atoms with Crippen molar-refractivity contribution in [2.24, 2.45) is 0 Å². The number of aliphatic hydroxyl groups excluding tert-OH is 2. The summed E-state index contributed by atoms with van der Waals surface area (Å²) >= 11 is 0. The van der Waals surface area contributed by atoms with Crippen LogP contribution >= 0.6 is 0 Å². The van der Waals surface area contributed by atoms with Gasteiger partial charge in [-0.3, -0.25) is 9.97 Å². The van der Waals surface area contributed by atoms with Gasteiger partial charge in [0.15, 0.2) is 0 Å². The maximum Gasteiger partial charge on any atom is 0.120 e. The molecule has 0 unspecified atom stereocenters. The molecule has 0 aromatic carbocycles. The first-order valence-electron chi connectivity index (χ1n) is 3.31. The van der Waals surface area contributed by atoms with E-state index in [4.69, 9.17) is 10.2 Å². The van der Waals surface area contributed by atoms with Gasteiger partial charge in [-0.2, -0.15) is 0 Å². The number of aryl methyl sites for hydroxylation is 1. The van der Waals surface area contributed by atoms with Crippen LogP contribution in [0, 0.1) is 6.92 Å². The highest BCUT2D eigenvalue weighted by Gasteiger charge is 2.06. The van der Waals surface area contributed by atoms with Gasteiger partial charge in [0, 0.05) is 6.20 Å². The van der Waals surface area contributed by atoms with Gasteiger partial charge in [0.1, 0.15) is 6.10 Å². The van der Waals surface area contributed by atoms with Crippen LogP contribution in [0.3, 0.4) is 0 Å². The second-order valence-electron chi connectivity index (χ2n) is 2.28. The van der Waals surface area contributed by atoms with Crippen molar-refractivity contribution < 1.29 is 10.2 Å². The number of aliphatic hydroxyl groups is 2. The summed E-state index contributed by atoms with van der Waals surface area (Å²) in [5, 5.41) is 17.6. The molecule has 0 saturated heterocycles. The van der Waals surface area contributed by atoms with Gasteiger partial charge in [0.25, 0.3) is 0 Å². The van der Waals surface area contributed by atoms with E-state index in [0.717, 1.165) is 5.69 Å². The smallest absolute Gasteiger partial charge is 0.120 e. The fraction of sp³-hybridized carbons (Fsp3) is 0.429. The van der Waals surface area contributed by atoms with Gasteiger partial charge < -0.3 is 10.2 Å². The Bertz CT molecular complexity index is 222. The molecule has 0 fully saturated rings. The SMILES string of the molecule is Cc1cnc([C@@H](O)CO)cn1. The first kappa shape index (κ1) is 8.10. The Morgan fingerprint density at radius 1 is 1.45 bits per heavy atom. The summed E-state index contributed by atoms with van der Waals surface area (Å²) < 4.78 is 0. The third-order valence-corrected chi connectivity index (χ3v) is 1.32. The summed E-state index contributed by atoms with van der Waals surface area (Å²) in [4.78, 5) is 7.79. The predicted octanol–water partition coefficient (Wildman–Crippen LogP) is -0.189. The van der Waals surface area contributed by atoms with Crippen molar-refractivity contribution in [2.75, 3.05) is 6.61 Å². The van der Waals surface area contributed by atoms with Crippen LogP contribution in [0.5, 0.6) is 0 Å². The van der Waals surface area contributed by atoms with E-state index in [9.17, 15) is 0 Å². The van der Waals surface area contributed by atoms with Gasteiger partial charge in [0.2, 0.25) is 0 Å². The first-order valence-corrected chi connectivity index (χ1v) is 3.31. The van der Waals surface area contributed by atoms with Crippen molar-refractivity contribution >= 4 is 0 Å². The van der Waals surface area contributed by atoms with Crippen molar-refractivity contribution in [3.05, 3.63) is 23.8 Å². The molecule has 60 valence electrons. The molecule has 0 amide bonds. The number of rotatable bonds is 2. The van der Waals surface area contributed by atoms with Crippen LogP contribution in [0.15, 0.2) is 12.4 Å². The second-order valence-corrected chi connectivity index (χ2v) is 2.28. The zero-order valence-corrected chi connectivity index (χ0v) is 6.23. The average molecular weight is 154 g/mol. The summed E-state index contributed by atoms with van der Waals surface area (Å²) in [5.41, 5.74) is 1.19. The molecular formula is C7H10N2O2. The van der Waals surface area contributed by atoms with E-state index in [2.05, 4.69) is 9.97 Å². The Kier molecular flexibility index (Phi) is 2.51. The van der Waals surface area contributed by atoms with E-state index in [1.54, 1.807) is 6.20 Å². The molecule has 1 aromatic rings. The largest absolute Gasteiger partial charge is 0.393 e. The lowest BCUT2D eigenvalue weighted by Crippen LogP contribution is -2.05. The summed E-state index contributed by atoms with van der Waals surface area (Å²) in [7, 11) is 0. The Hall–Kier alpha value is -1.00. The van der Waals surface area contributed by atoms with Crippen LogP contribution in [0.1, 0.15) is 17.5 Å². The van der Waals surface area contributed by atoms with Crippen LogP contribution < -0.4 is 0 Å². The lowest BCUT2D eigenvalue weighted by Gasteiger charge is -2.04. The molecule has 2 N–H and O–H groups in total. The molecule has 0 bridgehead atoms. The van der Waals surface area contributed by atoms with Crippen LogP contribution in [-0.4, -0.2) is 26.8 Å². The number of nitrogens with zero attached hydrogens (tertiary/aromatic N) is 2. The van der Waals surface area contributed by atoms with E-state index in [0.29, 0.717) is 5.69 Å². The molecule has 1 atom stereocenters. The zero-order valence-electron chi connectivity index (χ0n) is 6.23. The maximum absolute atomic E-state index is 9.07. The van der Waals surface area contributed by atoms with Crippen LogP contribution in [0.25, 0.3) is 0 Å². The minimum Gasteiger partial charge on any atom is -0.393 e. The lowest BCUT2D eigenvalue weighted by molar-refractivity contribution is 0.0919. The van der Waals surface area contributed by atoms with Gasteiger partial charge in [-0.25, -0.2) is 0 Å². The molecule has 1 aromatic heterocycles. The third-order valence-electron chi connectivity index (χ3n) is 1.32. The topological polar surface area (TPSA) is 66.2 Å². The van der Waals surface area contributed by atoms with E-state index in [1.807, 2.05) is 6.92 Å². The van der Waals surface area contributed by atoms with Crippen molar-refractivity contribution in [3.8, 4) is 0 Å². The molecule has 1 rings (SSSR count). The van der Waals surface area contributed by atoms with Gasteiger partial charge in [-0.15, -0.1) is 0 Å². The standard InChI is InChI=1S/C7H10N2O2/c1-5-2-9-6(3-8-5)7(11)4-10/h2-3,7,10-11H,4H2,1H3/t7-/m0/s1. The number of hydrogen-bond acceptors (Lipinski definition) is 4. The van der Waals surface area contributed by atoms with Crippen molar-refractivity contribution in [1.29, 1.82) is 0 Å². The second kappa shape index (κ2) is 3.41. The Balaban J connectivity index is 2.81. The monoisotopic (exact) mass is 154 g/mol. The van der Waals surface area contributed by atoms with Crippen molar-refractivity contribution in [1.82, 2.24) is 9.97 Å². The molecule has 1 heterocycles. The van der Waals surface area contributed by atoms with E-state index < -0.39 is 6.10 Å². The van der Waals surface area contributed by atoms with Gasteiger partial charge in [0.05, 0.1) is 24.2 Å². The molecule has 0 aliphatic rings. The molecular weight excluding hydrogens is 144 g/mol. The fourth-order valence-electron chi connectivity index (χ4n) is 0.668. The molecule has 0 saturated carbocycles. The van der Waals surface area contributed by atoms with E-state index in [1.165, 1.54) is 6.20 Å². The normalized spacial score (nSPS) is 13.0. The number of aromatic nitrogens is 2. The molecule has 0 aliphatic carbocycles. The fourth-order valence-corrected chi connectivity index (χ4v) is 0.668. The van der Waals surface area contributed by atoms with Gasteiger partial charge in [-0.05, 0) is 6.92 Å². The quantitative estimate of drug-likeness (QED) is 0.619. The first-order chi connectivity index (χ1) is 5.24. The van der Waals surface area contributed by atoms with Crippen molar-refractivity contribution in [2.45, 2.75) is 13.0 Å². The summed E-state index contributed by atoms with van der Waals surface area (Å²) in [5.74, 6) is 0. The molecule has 4 nitrogen and oxygen atoms in total. The predicted molar refractivity (Wildman–Crippen MR) is 38.8 cm³/mol. The Morgan fingerprint density at radius 3 is 2.64 bits per heavy atom. The number of hydrogen-bond donors (Lipinski definition) is 2. The maximum atomic E-state index is 9.07. The highest BCUT2D eigenvalue weighted by molar-refractivity contribution is 5.03. The van der Waals surface area contributed by atoms with Crippen LogP contribution in [0.4, 0.5) is 0 Å². The average Bonchev–Trinajstić information content (AvgIpc) is 2.05. The molecule has 11 heavy (non-hydrogen) atoms. The molecule has 0 radical (unpaired) electrons. The van der Waals surface area contributed by atoms with E-state index in [-0.39, 0.29) is 6.61 Å². The molecule has 0 spiro atoms.